The number of sulfonamides is 1. The summed E-state index contributed by atoms with van der Waals surface area (Å²) >= 11 is 1.39. The van der Waals surface area contributed by atoms with E-state index in [0.29, 0.717) is 5.01 Å². The molecular weight excluding hydrogens is 236 g/mol. The minimum Gasteiger partial charge on any atom is -0.395 e. The number of thiazole rings is 1. The highest BCUT2D eigenvalue weighted by atomic mass is 32.2. The van der Waals surface area contributed by atoms with Gasteiger partial charge in [-0.3, -0.25) is 0 Å². The molecule has 5 nitrogen and oxygen atoms in total. The summed E-state index contributed by atoms with van der Waals surface area (Å²) in [6.45, 7) is 3.09. The average Bonchev–Trinajstić information content (AvgIpc) is 2.52. The molecule has 1 rings (SSSR count). The Bertz CT molecular complexity index is 398. The van der Waals surface area contributed by atoms with Crippen molar-refractivity contribution in [2.75, 3.05) is 12.4 Å². The van der Waals surface area contributed by atoms with Crippen LogP contribution in [0.4, 0.5) is 0 Å². The molecule has 15 heavy (non-hydrogen) atoms. The number of rotatable bonds is 5. The van der Waals surface area contributed by atoms with Crippen molar-refractivity contribution in [1.29, 1.82) is 0 Å². The lowest BCUT2D eigenvalue weighted by Gasteiger charge is -2.23. The first-order chi connectivity index (χ1) is 6.87. The lowest BCUT2D eigenvalue weighted by molar-refractivity contribution is 0.318. The summed E-state index contributed by atoms with van der Waals surface area (Å²) in [5, 5.41) is 11.1. The maximum Gasteiger partial charge on any atom is 0.214 e. The van der Waals surface area contributed by atoms with Crippen molar-refractivity contribution in [2.24, 2.45) is 0 Å². The number of aliphatic hydroxyl groups excluding tert-OH is 1. The largest absolute Gasteiger partial charge is 0.395 e. The standard InChI is InChI=1S/C8H14N2O3S2/c1-8(2,7-9-3-5-14-7)10-15(12,13)6-4-11/h3,5,10-11H,4,6H2,1-2H3. The van der Waals surface area contributed by atoms with Gasteiger partial charge in [0.25, 0.3) is 0 Å². The molecule has 0 spiro atoms. The fraction of sp³-hybridized carbons (Fsp3) is 0.625. The summed E-state index contributed by atoms with van der Waals surface area (Å²) < 4.78 is 25.4. The molecule has 1 heterocycles. The molecule has 0 bridgehead atoms. The first-order valence-corrected chi connectivity index (χ1v) is 6.93. The maximum atomic E-state index is 11.4. The third-order valence-corrected chi connectivity index (χ3v) is 4.38. The number of aromatic nitrogens is 1. The first kappa shape index (κ1) is 12.6. The van der Waals surface area contributed by atoms with Crippen molar-refractivity contribution in [2.45, 2.75) is 19.4 Å². The van der Waals surface area contributed by atoms with Gasteiger partial charge in [0.1, 0.15) is 5.01 Å². The zero-order chi connectivity index (χ0) is 11.5. The third-order valence-electron chi connectivity index (χ3n) is 1.74. The summed E-state index contributed by atoms with van der Waals surface area (Å²) in [5.74, 6) is -0.290. The molecule has 0 aliphatic rings. The number of hydrogen-bond acceptors (Lipinski definition) is 5. The third kappa shape index (κ3) is 3.53. The van der Waals surface area contributed by atoms with Crippen molar-refractivity contribution in [1.82, 2.24) is 9.71 Å². The van der Waals surface area contributed by atoms with Gasteiger partial charge in [-0.05, 0) is 13.8 Å². The molecule has 0 atom stereocenters. The summed E-state index contributed by atoms with van der Waals surface area (Å²) in [6.07, 6.45) is 1.63. The fourth-order valence-corrected chi connectivity index (χ4v) is 3.13. The van der Waals surface area contributed by atoms with Crippen molar-refractivity contribution < 1.29 is 13.5 Å². The molecule has 0 aliphatic heterocycles. The van der Waals surface area contributed by atoms with Gasteiger partial charge in [0.2, 0.25) is 10.0 Å². The number of hydrogen-bond donors (Lipinski definition) is 2. The summed E-state index contributed by atoms with van der Waals surface area (Å²) in [5.41, 5.74) is -0.734. The fourth-order valence-electron chi connectivity index (χ4n) is 1.14. The van der Waals surface area contributed by atoms with Crippen LogP contribution >= 0.6 is 11.3 Å². The van der Waals surface area contributed by atoms with E-state index in [9.17, 15) is 8.42 Å². The van der Waals surface area contributed by atoms with Crippen LogP contribution < -0.4 is 4.72 Å². The lowest BCUT2D eigenvalue weighted by atomic mass is 10.1. The van der Waals surface area contributed by atoms with E-state index in [1.807, 2.05) is 0 Å². The highest BCUT2D eigenvalue weighted by Gasteiger charge is 2.28. The van der Waals surface area contributed by atoms with Crippen molar-refractivity contribution in [3.05, 3.63) is 16.6 Å². The summed E-state index contributed by atoms with van der Waals surface area (Å²) in [7, 11) is -3.45. The van der Waals surface area contributed by atoms with E-state index in [1.165, 1.54) is 11.3 Å². The second kappa shape index (κ2) is 4.56. The zero-order valence-electron chi connectivity index (χ0n) is 8.60. The molecule has 1 aromatic rings. The highest BCUT2D eigenvalue weighted by Crippen LogP contribution is 2.22. The van der Waals surface area contributed by atoms with Gasteiger partial charge in [-0.1, -0.05) is 0 Å². The van der Waals surface area contributed by atoms with Crippen LogP contribution in [0.25, 0.3) is 0 Å². The maximum absolute atomic E-state index is 11.4. The molecule has 0 unspecified atom stereocenters. The van der Waals surface area contributed by atoms with Crippen LogP contribution in [-0.2, 0) is 15.6 Å². The molecule has 2 N–H and O–H groups in total. The van der Waals surface area contributed by atoms with E-state index in [4.69, 9.17) is 5.11 Å². The van der Waals surface area contributed by atoms with Crippen LogP contribution in [-0.4, -0.2) is 30.9 Å². The Labute approximate surface area is 93.2 Å². The smallest absolute Gasteiger partial charge is 0.214 e. The minimum atomic E-state index is -3.45. The highest BCUT2D eigenvalue weighted by molar-refractivity contribution is 7.89. The van der Waals surface area contributed by atoms with Crippen LogP contribution in [0, 0.1) is 0 Å². The Kier molecular flexibility index (Phi) is 3.82. The monoisotopic (exact) mass is 250 g/mol. The van der Waals surface area contributed by atoms with E-state index in [1.54, 1.807) is 25.4 Å². The zero-order valence-corrected chi connectivity index (χ0v) is 10.2. The Hall–Kier alpha value is -0.500. The topological polar surface area (TPSA) is 79.3 Å². The normalized spacial score (nSPS) is 13.0. The minimum absolute atomic E-state index is 0.290. The van der Waals surface area contributed by atoms with E-state index in [0.717, 1.165) is 0 Å². The van der Waals surface area contributed by atoms with Crippen LogP contribution in [0.15, 0.2) is 11.6 Å². The SMILES string of the molecule is CC(C)(NS(=O)(=O)CCO)c1nccs1. The Morgan fingerprint density at radius 3 is 2.73 bits per heavy atom. The van der Waals surface area contributed by atoms with Gasteiger partial charge in [-0.15, -0.1) is 11.3 Å². The molecule has 0 saturated carbocycles. The number of aliphatic hydroxyl groups is 1. The second-order valence-corrected chi connectivity index (χ2v) is 6.34. The number of nitrogens with zero attached hydrogens (tertiary/aromatic N) is 1. The van der Waals surface area contributed by atoms with Gasteiger partial charge in [0, 0.05) is 11.6 Å². The predicted molar refractivity (Wildman–Crippen MR) is 59.1 cm³/mol. The van der Waals surface area contributed by atoms with E-state index >= 15 is 0 Å². The molecule has 0 saturated heterocycles. The van der Waals surface area contributed by atoms with E-state index < -0.39 is 15.6 Å². The van der Waals surface area contributed by atoms with Crippen LogP contribution in [0.1, 0.15) is 18.9 Å². The molecular formula is C8H14N2O3S2. The first-order valence-electron chi connectivity index (χ1n) is 4.40. The predicted octanol–water partition coefficient (Wildman–Crippen LogP) is 0.290. The van der Waals surface area contributed by atoms with Crippen molar-refractivity contribution in [3.8, 4) is 0 Å². The molecule has 0 aliphatic carbocycles. The van der Waals surface area contributed by atoms with Gasteiger partial charge >= 0.3 is 0 Å². The molecule has 86 valence electrons. The second-order valence-electron chi connectivity index (χ2n) is 3.61. The molecule has 0 amide bonds. The lowest BCUT2D eigenvalue weighted by Crippen LogP contribution is -2.42. The Morgan fingerprint density at radius 2 is 2.27 bits per heavy atom. The Balaban J connectivity index is 2.81. The Morgan fingerprint density at radius 1 is 1.60 bits per heavy atom. The molecule has 0 fully saturated rings. The molecule has 1 aromatic heterocycles. The van der Waals surface area contributed by atoms with E-state index in [-0.39, 0.29) is 12.4 Å². The number of nitrogens with one attached hydrogen (secondary N) is 1. The van der Waals surface area contributed by atoms with Gasteiger partial charge in [-0.25, -0.2) is 18.1 Å². The van der Waals surface area contributed by atoms with Gasteiger partial charge in [0.05, 0.1) is 17.9 Å². The van der Waals surface area contributed by atoms with Crippen molar-refractivity contribution >= 4 is 21.4 Å². The van der Waals surface area contributed by atoms with Crippen LogP contribution in [0.5, 0.6) is 0 Å². The summed E-state index contributed by atoms with van der Waals surface area (Å²) in [6, 6.07) is 0. The molecule has 0 aromatic carbocycles. The van der Waals surface area contributed by atoms with Gasteiger partial charge in [0.15, 0.2) is 0 Å². The van der Waals surface area contributed by atoms with Crippen molar-refractivity contribution in [3.63, 3.8) is 0 Å². The van der Waals surface area contributed by atoms with Gasteiger partial charge in [-0.2, -0.15) is 0 Å². The quantitative estimate of drug-likeness (QED) is 0.787. The van der Waals surface area contributed by atoms with Gasteiger partial charge < -0.3 is 5.11 Å². The molecule has 7 heteroatoms. The van der Waals surface area contributed by atoms with Crippen LogP contribution in [0.3, 0.4) is 0 Å². The van der Waals surface area contributed by atoms with Crippen LogP contribution in [0.2, 0.25) is 0 Å². The average molecular weight is 250 g/mol. The van der Waals surface area contributed by atoms with E-state index in [2.05, 4.69) is 9.71 Å². The summed E-state index contributed by atoms with van der Waals surface area (Å²) in [4.78, 5) is 4.06. The molecule has 0 radical (unpaired) electrons.